The van der Waals surface area contributed by atoms with Gasteiger partial charge in [-0.15, -0.1) is 0 Å². The number of allylic oxidation sites excluding steroid dienone is 1. The molecule has 0 aromatic heterocycles. The average Bonchev–Trinajstić information content (AvgIpc) is 2.36. The molecule has 0 radical (unpaired) electrons. The highest BCUT2D eigenvalue weighted by atomic mass is 35.5. The van der Waals surface area contributed by atoms with Gasteiger partial charge in [-0.05, 0) is 36.6 Å². The number of carboxylic acids is 1. The van der Waals surface area contributed by atoms with E-state index in [9.17, 15) is 4.79 Å². The van der Waals surface area contributed by atoms with E-state index in [0.717, 1.165) is 25.3 Å². The zero-order chi connectivity index (χ0) is 15.1. The lowest BCUT2D eigenvalue weighted by Gasteiger charge is -2.12. The maximum Gasteiger partial charge on any atom is 0.328 e. The molecule has 0 fully saturated rings. The third-order valence-corrected chi connectivity index (χ3v) is 3.35. The van der Waals surface area contributed by atoms with Gasteiger partial charge in [0.05, 0.1) is 16.7 Å². The molecule has 0 aliphatic heterocycles. The van der Waals surface area contributed by atoms with Gasteiger partial charge in [-0.3, -0.25) is 0 Å². The highest BCUT2D eigenvalue weighted by Gasteiger charge is 2.11. The number of halogens is 2. The first-order chi connectivity index (χ1) is 9.45. The molecule has 0 unspecified atom stereocenters. The molecule has 0 aliphatic carbocycles. The van der Waals surface area contributed by atoms with Crippen LogP contribution in [0.1, 0.15) is 38.7 Å². The largest absolute Gasteiger partial charge is 0.490 e. The number of carbonyl (C=O) groups is 1. The second-order valence-corrected chi connectivity index (χ2v) is 5.30. The molecule has 1 aromatic carbocycles. The predicted molar refractivity (Wildman–Crippen MR) is 82.8 cm³/mol. The zero-order valence-corrected chi connectivity index (χ0v) is 13.1. The second kappa shape index (κ2) is 8.18. The number of rotatable bonds is 7. The van der Waals surface area contributed by atoms with Crippen LogP contribution in [0.25, 0.3) is 5.57 Å². The molecule has 20 heavy (non-hydrogen) atoms. The Balaban J connectivity index is 2.89. The van der Waals surface area contributed by atoms with E-state index in [4.69, 9.17) is 33.0 Å². The van der Waals surface area contributed by atoms with Crippen LogP contribution < -0.4 is 4.74 Å². The van der Waals surface area contributed by atoms with Gasteiger partial charge in [0.25, 0.3) is 0 Å². The number of ether oxygens (including phenoxy) is 1. The fraction of sp³-hybridized carbons (Fsp3) is 0.400. The fourth-order valence-electron chi connectivity index (χ4n) is 1.72. The van der Waals surface area contributed by atoms with Crippen molar-refractivity contribution in [2.45, 2.75) is 33.1 Å². The van der Waals surface area contributed by atoms with Gasteiger partial charge in [0.2, 0.25) is 0 Å². The average molecular weight is 317 g/mol. The molecule has 0 atom stereocenters. The van der Waals surface area contributed by atoms with Crippen LogP contribution in [-0.2, 0) is 4.79 Å². The van der Waals surface area contributed by atoms with E-state index in [1.54, 1.807) is 19.1 Å². The van der Waals surface area contributed by atoms with E-state index in [0.29, 0.717) is 33.5 Å². The van der Waals surface area contributed by atoms with Gasteiger partial charge in [-0.2, -0.15) is 0 Å². The molecule has 0 saturated heterocycles. The monoisotopic (exact) mass is 316 g/mol. The molecule has 1 rings (SSSR count). The van der Waals surface area contributed by atoms with Gasteiger partial charge in [-0.1, -0.05) is 43.0 Å². The number of carboxylic acid groups (broad SMARTS) is 1. The van der Waals surface area contributed by atoms with Gasteiger partial charge in [0.1, 0.15) is 0 Å². The van der Waals surface area contributed by atoms with Crippen molar-refractivity contribution >= 4 is 34.7 Å². The highest BCUT2D eigenvalue weighted by Crippen LogP contribution is 2.36. The minimum absolute atomic E-state index is 0.391. The quantitative estimate of drug-likeness (QED) is 0.565. The minimum atomic E-state index is -1.00. The normalized spacial score (nSPS) is 11.5. The number of hydrogen-bond acceptors (Lipinski definition) is 2. The van der Waals surface area contributed by atoms with Crippen LogP contribution in [-0.4, -0.2) is 17.7 Å². The van der Waals surface area contributed by atoms with Crippen molar-refractivity contribution in [2.24, 2.45) is 0 Å². The molecule has 3 nitrogen and oxygen atoms in total. The first kappa shape index (κ1) is 16.9. The Kier molecular flexibility index (Phi) is 6.89. The second-order valence-electron chi connectivity index (χ2n) is 4.49. The first-order valence-corrected chi connectivity index (χ1v) is 7.24. The number of benzene rings is 1. The standard InChI is InChI=1S/C15H18Cl2O3/c1-3-4-5-6-20-15-12(16)8-11(9-13(15)17)10(2)7-14(18)19/h7-9H,3-6H2,1-2H3,(H,18,19). The van der Waals surface area contributed by atoms with Crippen molar-refractivity contribution in [3.8, 4) is 5.75 Å². The summed E-state index contributed by atoms with van der Waals surface area (Å²) in [6.45, 7) is 4.38. The van der Waals surface area contributed by atoms with E-state index >= 15 is 0 Å². The lowest BCUT2D eigenvalue weighted by atomic mass is 10.1. The molecule has 1 N–H and O–H groups in total. The van der Waals surface area contributed by atoms with Crippen molar-refractivity contribution in [2.75, 3.05) is 6.61 Å². The van der Waals surface area contributed by atoms with Crippen LogP contribution in [0.4, 0.5) is 0 Å². The molecule has 0 heterocycles. The smallest absolute Gasteiger partial charge is 0.328 e. The van der Waals surface area contributed by atoms with Crippen LogP contribution in [0.2, 0.25) is 10.0 Å². The van der Waals surface area contributed by atoms with E-state index < -0.39 is 5.97 Å². The summed E-state index contributed by atoms with van der Waals surface area (Å²) in [7, 11) is 0. The van der Waals surface area contributed by atoms with Crippen molar-refractivity contribution in [3.63, 3.8) is 0 Å². The molecule has 0 bridgehead atoms. The van der Waals surface area contributed by atoms with Crippen LogP contribution >= 0.6 is 23.2 Å². The molecule has 0 aliphatic rings. The summed E-state index contributed by atoms with van der Waals surface area (Å²) < 4.78 is 5.59. The Morgan fingerprint density at radius 1 is 1.30 bits per heavy atom. The third-order valence-electron chi connectivity index (χ3n) is 2.79. The van der Waals surface area contributed by atoms with Crippen molar-refractivity contribution in [1.29, 1.82) is 0 Å². The maximum atomic E-state index is 10.7. The predicted octanol–water partition coefficient (Wildman–Crippen LogP) is 5.05. The molecule has 1 aromatic rings. The molecule has 0 saturated carbocycles. The van der Waals surface area contributed by atoms with Gasteiger partial charge in [0, 0.05) is 6.08 Å². The first-order valence-electron chi connectivity index (χ1n) is 6.49. The summed E-state index contributed by atoms with van der Waals surface area (Å²) >= 11 is 12.3. The Morgan fingerprint density at radius 2 is 1.90 bits per heavy atom. The molecule has 0 spiro atoms. The van der Waals surface area contributed by atoms with Crippen LogP contribution in [0.15, 0.2) is 18.2 Å². The fourth-order valence-corrected chi connectivity index (χ4v) is 2.32. The lowest BCUT2D eigenvalue weighted by molar-refractivity contribution is -0.131. The summed E-state index contributed by atoms with van der Waals surface area (Å²) in [6.07, 6.45) is 4.27. The van der Waals surface area contributed by atoms with Crippen molar-refractivity contribution in [1.82, 2.24) is 0 Å². The van der Waals surface area contributed by atoms with E-state index in [1.165, 1.54) is 0 Å². The molecule has 0 amide bonds. The van der Waals surface area contributed by atoms with Crippen LogP contribution in [0, 0.1) is 0 Å². The van der Waals surface area contributed by atoms with Gasteiger partial charge in [-0.25, -0.2) is 4.79 Å². The molecular formula is C15H18Cl2O3. The van der Waals surface area contributed by atoms with E-state index in [2.05, 4.69) is 6.92 Å². The Labute approximate surface area is 129 Å². The Hall–Kier alpha value is -1.19. The number of hydrogen-bond donors (Lipinski definition) is 1. The van der Waals surface area contributed by atoms with Gasteiger partial charge >= 0.3 is 5.97 Å². The minimum Gasteiger partial charge on any atom is -0.490 e. The zero-order valence-electron chi connectivity index (χ0n) is 11.6. The van der Waals surface area contributed by atoms with Gasteiger partial charge < -0.3 is 9.84 Å². The maximum absolute atomic E-state index is 10.7. The van der Waals surface area contributed by atoms with E-state index in [-0.39, 0.29) is 0 Å². The summed E-state index contributed by atoms with van der Waals surface area (Å²) in [5.41, 5.74) is 1.25. The van der Waals surface area contributed by atoms with E-state index in [1.807, 2.05) is 0 Å². The summed E-state index contributed by atoms with van der Waals surface area (Å²) in [5, 5.41) is 9.52. The molecular weight excluding hydrogens is 299 g/mol. The number of aliphatic carboxylic acids is 1. The Morgan fingerprint density at radius 3 is 2.40 bits per heavy atom. The summed E-state index contributed by atoms with van der Waals surface area (Å²) in [4.78, 5) is 10.7. The topological polar surface area (TPSA) is 46.5 Å². The lowest BCUT2D eigenvalue weighted by Crippen LogP contribution is -1.99. The van der Waals surface area contributed by atoms with Gasteiger partial charge in [0.15, 0.2) is 5.75 Å². The summed E-state index contributed by atoms with van der Waals surface area (Å²) in [6, 6.07) is 3.33. The third kappa shape index (κ3) is 5.06. The van der Waals surface area contributed by atoms with Crippen molar-refractivity contribution in [3.05, 3.63) is 33.8 Å². The SMILES string of the molecule is CCCCCOc1c(Cl)cc(C(C)=CC(=O)O)cc1Cl. The van der Waals surface area contributed by atoms with Crippen LogP contribution in [0.3, 0.4) is 0 Å². The molecule has 5 heteroatoms. The molecule has 110 valence electrons. The summed E-state index contributed by atoms with van der Waals surface area (Å²) in [5.74, 6) is -0.550. The number of unbranched alkanes of at least 4 members (excludes halogenated alkanes) is 2. The van der Waals surface area contributed by atoms with Crippen LogP contribution in [0.5, 0.6) is 5.75 Å². The Bertz CT molecular complexity index is 487. The van der Waals surface area contributed by atoms with Crippen molar-refractivity contribution < 1.29 is 14.6 Å². The highest BCUT2D eigenvalue weighted by molar-refractivity contribution is 6.37.